The number of fused-ring (bicyclic) bond motifs is 2. The van der Waals surface area contributed by atoms with Gasteiger partial charge >= 0.3 is 0 Å². The molecule has 272 valence electrons. The first-order chi connectivity index (χ1) is 25.5. The van der Waals surface area contributed by atoms with E-state index in [4.69, 9.17) is 4.74 Å². The lowest BCUT2D eigenvalue weighted by Crippen LogP contribution is -2.35. The Balaban J connectivity index is 0.000000186. The van der Waals surface area contributed by atoms with E-state index in [1.54, 1.807) is 63.8 Å². The number of anilines is 4. The number of rotatable bonds is 9. The predicted octanol–water partition coefficient (Wildman–Crippen LogP) is 5.25. The molecular weight excluding hydrogens is 715 g/mol. The summed E-state index contributed by atoms with van der Waals surface area (Å²) in [5.74, 6) is 0.958. The molecule has 4 aromatic heterocycles. The number of nitrogens with zero attached hydrogens (tertiary/aromatic N) is 7. The van der Waals surface area contributed by atoms with Gasteiger partial charge in [-0.05, 0) is 83.9 Å². The van der Waals surface area contributed by atoms with Crippen molar-refractivity contribution >= 4 is 54.2 Å². The van der Waals surface area contributed by atoms with E-state index in [-0.39, 0.29) is 4.90 Å². The molecular formula is C37H37N9O5S2. The number of benzene rings is 3. The summed E-state index contributed by atoms with van der Waals surface area (Å²) in [5, 5.41) is 15.1. The van der Waals surface area contributed by atoms with Crippen molar-refractivity contribution in [3.05, 3.63) is 121 Å². The zero-order valence-electron chi connectivity index (χ0n) is 29.0. The van der Waals surface area contributed by atoms with E-state index in [2.05, 4.69) is 47.8 Å². The Morgan fingerprint density at radius 2 is 1.21 bits per heavy atom. The quantitative estimate of drug-likeness (QED) is 0.197. The minimum absolute atomic E-state index is 0.283. The third-order valence-electron chi connectivity index (χ3n) is 8.46. The minimum Gasteiger partial charge on any atom is -0.379 e. The number of pyridine rings is 2. The number of hydrogen-bond donors (Lipinski definition) is 2. The van der Waals surface area contributed by atoms with Crippen molar-refractivity contribution in [2.75, 3.05) is 49.4 Å². The van der Waals surface area contributed by atoms with Crippen molar-refractivity contribution in [2.24, 2.45) is 0 Å². The zero-order chi connectivity index (χ0) is 37.0. The van der Waals surface area contributed by atoms with Crippen LogP contribution in [0.15, 0.2) is 125 Å². The maximum Gasteiger partial charge on any atom is 0.247 e. The summed E-state index contributed by atoms with van der Waals surface area (Å²) < 4.78 is 55.0. The van der Waals surface area contributed by atoms with Crippen molar-refractivity contribution < 1.29 is 21.6 Å². The molecule has 14 nitrogen and oxygen atoms in total. The Labute approximate surface area is 306 Å². The van der Waals surface area contributed by atoms with Crippen LogP contribution in [-0.4, -0.2) is 89.7 Å². The monoisotopic (exact) mass is 751 g/mol. The van der Waals surface area contributed by atoms with Crippen LogP contribution in [-0.2, 0) is 31.0 Å². The molecule has 5 heterocycles. The molecule has 0 aliphatic carbocycles. The highest BCUT2D eigenvalue weighted by atomic mass is 32.2. The standard InChI is InChI=1S/C24H25N5O3S.C13H12N4O2S/c1-33(30,31)21-10-6-19(7-11-21)22-3-2-12-29-23(22)26-24(27-29)25-20-8-4-18(5-9-20)17-28-13-15-32-16-14-28;1-20(18,19)11-7-5-10(6-8-11)14-13-15-12-4-2-3-9-17(12)16-13/h2-12H,13-17H2,1H3,(H,25,27);2-9H,1H3,(H,14,16). The SMILES string of the molecule is CS(=O)(=O)c1ccc(-c2cccn3nc(Nc4ccc(CN5CCOCC5)cc4)nc23)cc1.CS(=O)(=O)c1ccc(Nc2nc3ccccn3n2)cc1. The van der Waals surface area contributed by atoms with Crippen molar-refractivity contribution in [3.8, 4) is 11.1 Å². The second-order valence-corrected chi connectivity index (χ2v) is 16.5. The highest BCUT2D eigenvalue weighted by Crippen LogP contribution is 2.26. The van der Waals surface area contributed by atoms with Gasteiger partial charge in [-0.15, -0.1) is 10.2 Å². The molecule has 16 heteroatoms. The van der Waals surface area contributed by atoms with Crippen LogP contribution in [0.4, 0.5) is 23.3 Å². The fourth-order valence-corrected chi connectivity index (χ4v) is 6.97. The predicted molar refractivity (Wildman–Crippen MR) is 203 cm³/mol. The number of hydrogen-bond acceptors (Lipinski definition) is 12. The van der Waals surface area contributed by atoms with E-state index in [1.807, 2.05) is 48.7 Å². The van der Waals surface area contributed by atoms with E-state index in [9.17, 15) is 16.8 Å². The highest BCUT2D eigenvalue weighted by Gasteiger charge is 2.14. The van der Waals surface area contributed by atoms with Gasteiger partial charge in [-0.2, -0.15) is 9.97 Å². The van der Waals surface area contributed by atoms with E-state index in [0.29, 0.717) is 22.4 Å². The van der Waals surface area contributed by atoms with E-state index in [1.165, 1.54) is 18.1 Å². The van der Waals surface area contributed by atoms with E-state index in [0.717, 1.165) is 61.0 Å². The molecule has 53 heavy (non-hydrogen) atoms. The largest absolute Gasteiger partial charge is 0.379 e. The maximum absolute atomic E-state index is 11.7. The molecule has 7 aromatic rings. The lowest BCUT2D eigenvalue weighted by atomic mass is 10.1. The summed E-state index contributed by atoms with van der Waals surface area (Å²) in [7, 11) is -6.41. The average molecular weight is 752 g/mol. The molecule has 3 aromatic carbocycles. The van der Waals surface area contributed by atoms with Gasteiger partial charge in [-0.3, -0.25) is 4.90 Å². The molecule has 1 saturated heterocycles. The molecule has 0 atom stereocenters. The maximum atomic E-state index is 11.7. The Bertz CT molecular complexity index is 2530. The highest BCUT2D eigenvalue weighted by molar-refractivity contribution is 7.91. The fraction of sp³-hybridized carbons (Fsp3) is 0.189. The van der Waals surface area contributed by atoms with Gasteiger partial charge in [-0.1, -0.05) is 30.3 Å². The Hall–Kier alpha value is -5.68. The molecule has 0 amide bonds. The molecule has 0 spiro atoms. The van der Waals surface area contributed by atoms with Crippen molar-refractivity contribution in [3.63, 3.8) is 0 Å². The van der Waals surface area contributed by atoms with Crippen LogP contribution in [0.1, 0.15) is 5.56 Å². The molecule has 0 saturated carbocycles. The average Bonchev–Trinajstić information content (AvgIpc) is 3.76. The van der Waals surface area contributed by atoms with Gasteiger partial charge in [-0.25, -0.2) is 25.9 Å². The molecule has 1 aliphatic heterocycles. The van der Waals surface area contributed by atoms with Gasteiger partial charge in [0.1, 0.15) is 0 Å². The topological polar surface area (TPSA) is 165 Å². The number of aromatic nitrogens is 6. The van der Waals surface area contributed by atoms with Crippen LogP contribution in [0.5, 0.6) is 0 Å². The summed E-state index contributed by atoms with van der Waals surface area (Å²) in [4.78, 5) is 11.9. The van der Waals surface area contributed by atoms with Gasteiger partial charge < -0.3 is 15.4 Å². The van der Waals surface area contributed by atoms with Crippen LogP contribution in [0, 0.1) is 0 Å². The number of ether oxygens (including phenoxy) is 1. The van der Waals surface area contributed by atoms with Crippen LogP contribution < -0.4 is 10.6 Å². The second kappa shape index (κ2) is 15.1. The third kappa shape index (κ3) is 8.86. The molecule has 1 aliphatic rings. The Morgan fingerprint density at radius 3 is 1.83 bits per heavy atom. The van der Waals surface area contributed by atoms with Gasteiger partial charge in [0.2, 0.25) is 11.9 Å². The Morgan fingerprint density at radius 1 is 0.642 bits per heavy atom. The number of nitrogens with one attached hydrogen (secondary N) is 2. The van der Waals surface area contributed by atoms with Crippen LogP contribution in [0.2, 0.25) is 0 Å². The van der Waals surface area contributed by atoms with Gasteiger partial charge in [0.15, 0.2) is 31.0 Å². The minimum atomic E-state index is -3.24. The van der Waals surface area contributed by atoms with Gasteiger partial charge in [0.05, 0.1) is 23.0 Å². The molecule has 0 bridgehead atoms. The molecule has 1 fully saturated rings. The normalized spacial score (nSPS) is 13.8. The van der Waals surface area contributed by atoms with Gasteiger partial charge in [0, 0.05) is 61.5 Å². The first-order valence-electron chi connectivity index (χ1n) is 16.7. The van der Waals surface area contributed by atoms with Crippen molar-refractivity contribution in [1.82, 2.24) is 34.1 Å². The second-order valence-electron chi connectivity index (χ2n) is 12.5. The molecule has 0 unspecified atom stereocenters. The molecule has 2 N–H and O–H groups in total. The van der Waals surface area contributed by atoms with Gasteiger partial charge in [0.25, 0.3) is 0 Å². The number of sulfone groups is 2. The van der Waals surface area contributed by atoms with Crippen LogP contribution >= 0.6 is 0 Å². The first kappa shape index (κ1) is 35.7. The van der Waals surface area contributed by atoms with Crippen molar-refractivity contribution in [2.45, 2.75) is 16.3 Å². The summed E-state index contributed by atoms with van der Waals surface area (Å²) >= 11 is 0. The molecule has 0 radical (unpaired) electrons. The summed E-state index contributed by atoms with van der Waals surface area (Å²) in [5.41, 5.74) is 6.08. The van der Waals surface area contributed by atoms with Crippen LogP contribution in [0.25, 0.3) is 22.4 Å². The lowest BCUT2D eigenvalue weighted by molar-refractivity contribution is 0.0342. The lowest BCUT2D eigenvalue weighted by Gasteiger charge is -2.26. The van der Waals surface area contributed by atoms with Crippen LogP contribution in [0.3, 0.4) is 0 Å². The summed E-state index contributed by atoms with van der Waals surface area (Å²) in [6.45, 7) is 4.43. The molecule has 8 rings (SSSR count). The van der Waals surface area contributed by atoms with E-state index < -0.39 is 19.7 Å². The third-order valence-corrected chi connectivity index (χ3v) is 10.7. The number of morpholine rings is 1. The summed E-state index contributed by atoms with van der Waals surface area (Å²) in [6, 6.07) is 31.0. The Kier molecular flexibility index (Phi) is 10.2. The van der Waals surface area contributed by atoms with E-state index >= 15 is 0 Å². The zero-order valence-corrected chi connectivity index (χ0v) is 30.6. The van der Waals surface area contributed by atoms with Crippen molar-refractivity contribution in [1.29, 1.82) is 0 Å². The fourth-order valence-electron chi connectivity index (χ4n) is 5.71. The summed E-state index contributed by atoms with van der Waals surface area (Å²) in [6.07, 6.45) is 6.03. The first-order valence-corrected chi connectivity index (χ1v) is 20.5. The smallest absolute Gasteiger partial charge is 0.247 e.